The van der Waals surface area contributed by atoms with Crippen molar-refractivity contribution < 1.29 is 14.6 Å². The Balaban J connectivity index is 2.19. The highest BCUT2D eigenvalue weighted by Gasteiger charge is 2.28. The molecule has 0 unspecified atom stereocenters. The van der Waals surface area contributed by atoms with Crippen LogP contribution in [-0.4, -0.2) is 30.8 Å². The van der Waals surface area contributed by atoms with Gasteiger partial charge in [0.05, 0.1) is 0 Å². The van der Waals surface area contributed by atoms with E-state index in [1.165, 1.54) is 0 Å². The zero-order chi connectivity index (χ0) is 10.1. The van der Waals surface area contributed by atoms with E-state index in [4.69, 9.17) is 4.74 Å². The monoisotopic (exact) mass is 188 g/mol. The number of hydrogen-bond acceptors (Lipinski definition) is 3. The Kier molecular flexibility index (Phi) is 2.77. The van der Waals surface area contributed by atoms with Gasteiger partial charge in [0.25, 0.3) is 0 Å². The Morgan fingerprint density at radius 1 is 1.54 bits per heavy atom. The number of rotatable bonds is 1. The van der Waals surface area contributed by atoms with Crippen LogP contribution in [0.3, 0.4) is 0 Å². The van der Waals surface area contributed by atoms with E-state index in [0.29, 0.717) is 13.1 Å². The summed E-state index contributed by atoms with van der Waals surface area (Å²) in [6, 6.07) is -0.0117. The molecule has 1 fully saturated rings. The quantitative estimate of drug-likeness (QED) is 0.533. The third kappa shape index (κ3) is 3.61. The average molecular weight is 188 g/mol. The zero-order valence-corrected chi connectivity index (χ0v) is 8.22. The van der Waals surface area contributed by atoms with Crippen molar-refractivity contribution in [2.24, 2.45) is 0 Å². The summed E-state index contributed by atoms with van der Waals surface area (Å²) in [7, 11) is 0. The summed E-state index contributed by atoms with van der Waals surface area (Å²) in [6.07, 6.45) is -0.440. The molecule has 5 nitrogen and oxygen atoms in total. The predicted molar refractivity (Wildman–Crippen MR) is 47.2 cm³/mol. The SMILES string of the molecule is CC(C)(C)OC(=O)NC1C[NH+]([O-])C1. The average Bonchev–Trinajstić information content (AvgIpc) is 1.79. The molecule has 1 rings (SSSR count). The molecule has 1 aliphatic rings. The summed E-state index contributed by atoms with van der Waals surface area (Å²) < 4.78 is 5.02. The highest BCUT2D eigenvalue weighted by atomic mass is 16.6. The fourth-order valence-electron chi connectivity index (χ4n) is 1.07. The maximum Gasteiger partial charge on any atom is 0.408 e. The Morgan fingerprint density at radius 2 is 2.08 bits per heavy atom. The molecule has 76 valence electrons. The molecule has 0 aromatic carbocycles. The number of carbonyl (C=O) groups excluding carboxylic acids is 1. The van der Waals surface area contributed by atoms with Gasteiger partial charge in [0.15, 0.2) is 0 Å². The van der Waals surface area contributed by atoms with Crippen molar-refractivity contribution in [2.75, 3.05) is 13.1 Å². The number of ether oxygens (including phenoxy) is 1. The van der Waals surface area contributed by atoms with Crippen molar-refractivity contribution in [2.45, 2.75) is 32.4 Å². The van der Waals surface area contributed by atoms with E-state index < -0.39 is 11.7 Å². The van der Waals surface area contributed by atoms with E-state index in [9.17, 15) is 10.0 Å². The molecule has 0 spiro atoms. The molecule has 13 heavy (non-hydrogen) atoms. The standard InChI is InChI=1S/C8H16N2O3/c1-8(2,3)13-7(11)9-6-4-10(12)5-6/h6,10H,4-5H2,1-3H3,(H,9,11). The highest BCUT2D eigenvalue weighted by Crippen LogP contribution is 2.06. The predicted octanol–water partition coefficient (Wildman–Crippen LogP) is -0.724. The van der Waals surface area contributed by atoms with Crippen molar-refractivity contribution in [3.8, 4) is 0 Å². The second-order valence-electron chi connectivity index (χ2n) is 4.29. The van der Waals surface area contributed by atoms with Crippen molar-refractivity contribution in [1.82, 2.24) is 5.32 Å². The molecule has 0 aliphatic carbocycles. The number of amides is 1. The molecule has 1 aliphatic heterocycles. The van der Waals surface area contributed by atoms with Crippen molar-refractivity contribution >= 4 is 6.09 Å². The molecule has 0 atom stereocenters. The minimum atomic E-state index is -0.474. The van der Waals surface area contributed by atoms with E-state index in [2.05, 4.69) is 5.32 Å². The first-order valence-electron chi connectivity index (χ1n) is 4.38. The fourth-order valence-corrected chi connectivity index (χ4v) is 1.07. The van der Waals surface area contributed by atoms with Gasteiger partial charge in [-0.3, -0.25) is 0 Å². The summed E-state index contributed by atoms with van der Waals surface area (Å²) >= 11 is 0. The van der Waals surface area contributed by atoms with Crippen molar-refractivity contribution in [1.29, 1.82) is 0 Å². The number of quaternary nitrogens is 1. The van der Waals surface area contributed by atoms with Gasteiger partial charge in [0.1, 0.15) is 24.7 Å². The van der Waals surface area contributed by atoms with Gasteiger partial charge in [-0.05, 0) is 20.8 Å². The maximum absolute atomic E-state index is 11.1. The number of alkyl carbamates (subject to hydrolysis) is 1. The normalized spacial score (nSPS) is 27.7. The Morgan fingerprint density at radius 3 is 2.46 bits per heavy atom. The molecule has 5 heteroatoms. The van der Waals surface area contributed by atoms with Crippen LogP contribution in [0.4, 0.5) is 4.79 Å². The van der Waals surface area contributed by atoms with Gasteiger partial charge in [0, 0.05) is 0 Å². The van der Waals surface area contributed by atoms with Crippen molar-refractivity contribution in [3.05, 3.63) is 5.21 Å². The molecule has 1 saturated heterocycles. The van der Waals surface area contributed by atoms with Gasteiger partial charge in [-0.15, -0.1) is 0 Å². The van der Waals surface area contributed by atoms with Crippen LogP contribution in [0.1, 0.15) is 20.8 Å². The number of nitrogens with one attached hydrogen (secondary N) is 2. The lowest BCUT2D eigenvalue weighted by Crippen LogP contribution is -3.18. The summed E-state index contributed by atoms with van der Waals surface area (Å²) in [6.45, 7) is 6.30. The van der Waals surface area contributed by atoms with E-state index in [1.54, 1.807) is 20.8 Å². The van der Waals surface area contributed by atoms with Crippen LogP contribution < -0.4 is 10.4 Å². The van der Waals surface area contributed by atoms with Crippen LogP contribution in [-0.2, 0) is 4.74 Å². The first-order valence-corrected chi connectivity index (χ1v) is 4.38. The first-order chi connectivity index (χ1) is 5.87. The summed E-state index contributed by atoms with van der Waals surface area (Å²) in [5.41, 5.74) is -0.474. The Hall–Kier alpha value is -0.810. The molecule has 1 amide bonds. The minimum absolute atomic E-state index is 0.0117. The van der Waals surface area contributed by atoms with Crippen LogP contribution >= 0.6 is 0 Å². The van der Waals surface area contributed by atoms with Gasteiger partial charge < -0.3 is 20.3 Å². The maximum atomic E-state index is 11.1. The zero-order valence-electron chi connectivity index (χ0n) is 8.22. The van der Waals surface area contributed by atoms with Crippen LogP contribution in [0.5, 0.6) is 0 Å². The number of hydrogen-bond donors (Lipinski definition) is 2. The van der Waals surface area contributed by atoms with Gasteiger partial charge >= 0.3 is 6.09 Å². The number of hydroxylamine groups is 2. The topological polar surface area (TPSA) is 65.8 Å². The summed E-state index contributed by atoms with van der Waals surface area (Å²) in [4.78, 5) is 11.1. The van der Waals surface area contributed by atoms with E-state index in [-0.39, 0.29) is 11.1 Å². The van der Waals surface area contributed by atoms with Crippen molar-refractivity contribution in [3.63, 3.8) is 0 Å². The van der Waals surface area contributed by atoms with E-state index in [1.807, 2.05) is 0 Å². The lowest BCUT2D eigenvalue weighted by Gasteiger charge is -2.38. The highest BCUT2D eigenvalue weighted by molar-refractivity contribution is 5.68. The molecule has 0 saturated carbocycles. The van der Waals surface area contributed by atoms with Gasteiger partial charge in [0.2, 0.25) is 0 Å². The van der Waals surface area contributed by atoms with E-state index in [0.717, 1.165) is 0 Å². The third-order valence-corrected chi connectivity index (χ3v) is 1.67. The van der Waals surface area contributed by atoms with Gasteiger partial charge in [-0.1, -0.05) is 0 Å². The molecule has 0 aromatic heterocycles. The third-order valence-electron chi connectivity index (χ3n) is 1.67. The molecule has 0 radical (unpaired) electrons. The smallest absolute Gasteiger partial charge is 0.408 e. The molecule has 2 N–H and O–H groups in total. The lowest BCUT2D eigenvalue weighted by molar-refractivity contribution is -0.893. The minimum Gasteiger partial charge on any atom is -0.634 e. The molecular formula is C8H16N2O3. The second kappa shape index (κ2) is 3.51. The lowest BCUT2D eigenvalue weighted by atomic mass is 10.2. The number of carbonyl (C=O) groups is 1. The molecular weight excluding hydrogens is 172 g/mol. The van der Waals surface area contributed by atoms with Gasteiger partial charge in [-0.2, -0.15) is 0 Å². The van der Waals surface area contributed by atoms with Crippen LogP contribution in [0.2, 0.25) is 0 Å². The van der Waals surface area contributed by atoms with Crippen LogP contribution in [0.15, 0.2) is 0 Å². The molecule has 0 aromatic rings. The summed E-state index contributed by atoms with van der Waals surface area (Å²) in [5.74, 6) is 0. The van der Waals surface area contributed by atoms with Gasteiger partial charge in [-0.25, -0.2) is 4.79 Å². The Bertz CT molecular complexity index is 194. The fraction of sp³-hybridized carbons (Fsp3) is 0.875. The second-order valence-corrected chi connectivity index (χ2v) is 4.29. The van der Waals surface area contributed by atoms with Crippen LogP contribution in [0, 0.1) is 5.21 Å². The van der Waals surface area contributed by atoms with E-state index >= 15 is 0 Å². The van der Waals surface area contributed by atoms with Crippen LogP contribution in [0.25, 0.3) is 0 Å². The summed E-state index contributed by atoms with van der Waals surface area (Å²) in [5, 5.41) is 13.4. The molecule has 0 bridgehead atoms. The largest absolute Gasteiger partial charge is 0.634 e. The first kappa shape index (κ1) is 10.3. The Labute approximate surface area is 77.6 Å². The molecule has 1 heterocycles.